The average Bonchev–Trinajstić information content (AvgIpc) is 2.73. The Kier molecular flexibility index (Phi) is 3.94. The zero-order valence-electron chi connectivity index (χ0n) is 10.3. The normalized spacial score (nSPS) is 10.1. The van der Waals surface area contributed by atoms with Crippen molar-refractivity contribution in [1.82, 2.24) is 4.37 Å². The van der Waals surface area contributed by atoms with Crippen molar-refractivity contribution in [3.63, 3.8) is 0 Å². The van der Waals surface area contributed by atoms with Gasteiger partial charge in [-0.1, -0.05) is 0 Å². The number of carboxylic acids is 1. The number of hydrogen-bond donors (Lipinski definition) is 3. The fourth-order valence-electron chi connectivity index (χ4n) is 1.51. The van der Waals surface area contributed by atoms with Gasteiger partial charge in [0.2, 0.25) is 0 Å². The van der Waals surface area contributed by atoms with Gasteiger partial charge in [0.15, 0.2) is 0 Å². The lowest BCUT2D eigenvalue weighted by atomic mass is 10.2. The molecule has 0 bridgehead atoms. The number of nitrogens with zero attached hydrogens (tertiary/aromatic N) is 1. The number of halogens is 1. The third-order valence-corrected chi connectivity index (χ3v) is 3.26. The SMILES string of the molecule is Cc1nsc(NC(=O)Nc2ccc(F)cc2)c1C(=O)O. The Labute approximate surface area is 117 Å². The number of aromatic carboxylic acids is 1. The van der Waals surface area contributed by atoms with Crippen molar-refractivity contribution in [2.45, 2.75) is 6.92 Å². The molecule has 0 fully saturated rings. The van der Waals surface area contributed by atoms with E-state index in [1.807, 2.05) is 0 Å². The molecule has 0 spiro atoms. The standard InChI is InChI=1S/C12H10FN3O3S/c1-6-9(11(17)18)10(20-16-6)15-12(19)14-8-4-2-7(13)3-5-8/h2-5H,1H3,(H,17,18)(H2,14,15,19). The summed E-state index contributed by atoms with van der Waals surface area (Å²) in [6.07, 6.45) is 0. The largest absolute Gasteiger partial charge is 0.478 e. The monoisotopic (exact) mass is 295 g/mol. The molecule has 0 unspecified atom stereocenters. The highest BCUT2D eigenvalue weighted by Gasteiger charge is 2.19. The molecular weight excluding hydrogens is 285 g/mol. The first-order valence-corrected chi connectivity index (χ1v) is 6.28. The van der Waals surface area contributed by atoms with Gasteiger partial charge in [0, 0.05) is 5.69 Å². The molecule has 0 saturated carbocycles. The quantitative estimate of drug-likeness (QED) is 0.812. The molecule has 2 aromatic rings. The molecule has 104 valence electrons. The van der Waals surface area contributed by atoms with Crippen LogP contribution in [0, 0.1) is 12.7 Å². The summed E-state index contributed by atoms with van der Waals surface area (Å²) in [7, 11) is 0. The second-order valence-electron chi connectivity index (χ2n) is 3.86. The maximum atomic E-state index is 12.7. The summed E-state index contributed by atoms with van der Waals surface area (Å²) in [6.45, 7) is 1.54. The molecule has 1 heterocycles. The van der Waals surface area contributed by atoms with Crippen LogP contribution in [0.3, 0.4) is 0 Å². The fourth-order valence-corrected chi connectivity index (χ4v) is 2.29. The maximum Gasteiger partial charge on any atom is 0.340 e. The van der Waals surface area contributed by atoms with E-state index < -0.39 is 17.8 Å². The third kappa shape index (κ3) is 3.09. The number of aryl methyl sites for hydroxylation is 1. The van der Waals surface area contributed by atoms with Crippen LogP contribution in [0.4, 0.5) is 19.9 Å². The molecule has 1 aromatic carbocycles. The number of carbonyl (C=O) groups is 2. The van der Waals surface area contributed by atoms with Crippen molar-refractivity contribution in [3.8, 4) is 0 Å². The molecule has 2 amide bonds. The Morgan fingerprint density at radius 3 is 2.50 bits per heavy atom. The van der Waals surface area contributed by atoms with E-state index in [9.17, 15) is 14.0 Å². The summed E-state index contributed by atoms with van der Waals surface area (Å²) in [5, 5.41) is 14.0. The number of nitrogens with one attached hydrogen (secondary N) is 2. The molecule has 20 heavy (non-hydrogen) atoms. The van der Waals surface area contributed by atoms with Crippen molar-refractivity contribution < 1.29 is 19.1 Å². The number of carboxylic acid groups (broad SMARTS) is 1. The predicted molar refractivity (Wildman–Crippen MR) is 72.9 cm³/mol. The van der Waals surface area contributed by atoms with Gasteiger partial charge in [0.25, 0.3) is 0 Å². The van der Waals surface area contributed by atoms with Crippen LogP contribution in [-0.2, 0) is 0 Å². The van der Waals surface area contributed by atoms with Crippen LogP contribution in [-0.4, -0.2) is 21.5 Å². The van der Waals surface area contributed by atoms with E-state index in [0.29, 0.717) is 11.4 Å². The number of rotatable bonds is 3. The molecule has 0 aliphatic carbocycles. The minimum atomic E-state index is -1.16. The number of carbonyl (C=O) groups excluding carboxylic acids is 1. The Hall–Kier alpha value is -2.48. The van der Waals surface area contributed by atoms with E-state index in [4.69, 9.17) is 5.11 Å². The minimum Gasteiger partial charge on any atom is -0.478 e. The molecule has 3 N–H and O–H groups in total. The second kappa shape index (κ2) is 5.66. The van der Waals surface area contributed by atoms with Crippen LogP contribution >= 0.6 is 11.5 Å². The van der Waals surface area contributed by atoms with Crippen molar-refractivity contribution >= 4 is 34.2 Å². The number of benzene rings is 1. The average molecular weight is 295 g/mol. The Morgan fingerprint density at radius 1 is 1.25 bits per heavy atom. The molecule has 0 saturated heterocycles. The van der Waals surface area contributed by atoms with Crippen molar-refractivity contribution in [3.05, 3.63) is 41.3 Å². The first kappa shape index (κ1) is 13.9. The second-order valence-corrected chi connectivity index (χ2v) is 4.64. The van der Waals surface area contributed by atoms with E-state index in [-0.39, 0.29) is 10.6 Å². The lowest BCUT2D eigenvalue weighted by Gasteiger charge is -2.06. The van der Waals surface area contributed by atoms with Gasteiger partial charge in [0.1, 0.15) is 16.4 Å². The van der Waals surface area contributed by atoms with E-state index in [1.165, 1.54) is 24.3 Å². The van der Waals surface area contributed by atoms with Gasteiger partial charge in [-0.3, -0.25) is 5.32 Å². The molecule has 6 nitrogen and oxygen atoms in total. The smallest absolute Gasteiger partial charge is 0.340 e. The van der Waals surface area contributed by atoms with Crippen LogP contribution in [0.15, 0.2) is 24.3 Å². The summed E-state index contributed by atoms with van der Waals surface area (Å²) in [6, 6.07) is 4.57. The lowest BCUT2D eigenvalue weighted by Crippen LogP contribution is -2.20. The van der Waals surface area contributed by atoms with Gasteiger partial charge in [-0.25, -0.2) is 14.0 Å². The van der Waals surface area contributed by atoms with Gasteiger partial charge in [0.05, 0.1) is 5.69 Å². The van der Waals surface area contributed by atoms with Gasteiger partial charge in [-0.2, -0.15) is 4.37 Å². The minimum absolute atomic E-state index is 0.0377. The first-order chi connectivity index (χ1) is 9.47. The fraction of sp³-hybridized carbons (Fsp3) is 0.0833. The third-order valence-electron chi connectivity index (χ3n) is 2.41. The Morgan fingerprint density at radius 2 is 1.90 bits per heavy atom. The molecule has 0 atom stereocenters. The molecule has 2 rings (SSSR count). The molecule has 8 heteroatoms. The zero-order chi connectivity index (χ0) is 14.7. The van der Waals surface area contributed by atoms with Gasteiger partial charge in [-0.15, -0.1) is 0 Å². The van der Waals surface area contributed by atoms with Crippen LogP contribution < -0.4 is 10.6 Å². The van der Waals surface area contributed by atoms with Crippen molar-refractivity contribution in [2.75, 3.05) is 10.6 Å². The van der Waals surface area contributed by atoms with Crippen LogP contribution in [0.5, 0.6) is 0 Å². The predicted octanol–water partition coefficient (Wildman–Crippen LogP) is 2.93. The molecule has 0 aliphatic heterocycles. The summed E-state index contributed by atoms with van der Waals surface area (Å²) in [5.74, 6) is -1.57. The van der Waals surface area contributed by atoms with Crippen molar-refractivity contribution in [1.29, 1.82) is 0 Å². The van der Waals surface area contributed by atoms with Gasteiger partial charge in [-0.05, 0) is 42.7 Å². The molecule has 1 aromatic heterocycles. The highest BCUT2D eigenvalue weighted by molar-refractivity contribution is 7.11. The maximum absolute atomic E-state index is 12.7. The number of aromatic nitrogens is 1. The molecular formula is C12H10FN3O3S. The van der Waals surface area contributed by atoms with E-state index in [0.717, 1.165) is 11.5 Å². The first-order valence-electron chi connectivity index (χ1n) is 5.50. The Balaban J connectivity index is 2.09. The number of anilines is 2. The van der Waals surface area contributed by atoms with Crippen molar-refractivity contribution in [2.24, 2.45) is 0 Å². The summed E-state index contributed by atoms with van der Waals surface area (Å²) in [4.78, 5) is 22.8. The summed E-state index contributed by atoms with van der Waals surface area (Å²) in [5.41, 5.74) is 0.686. The number of amides is 2. The van der Waals surface area contributed by atoms with Crippen LogP contribution in [0.1, 0.15) is 16.1 Å². The van der Waals surface area contributed by atoms with Gasteiger partial charge >= 0.3 is 12.0 Å². The zero-order valence-corrected chi connectivity index (χ0v) is 11.1. The summed E-state index contributed by atoms with van der Waals surface area (Å²) < 4.78 is 16.6. The van der Waals surface area contributed by atoms with E-state index >= 15 is 0 Å². The highest BCUT2D eigenvalue weighted by atomic mass is 32.1. The number of urea groups is 1. The number of hydrogen-bond acceptors (Lipinski definition) is 4. The van der Waals surface area contributed by atoms with E-state index in [2.05, 4.69) is 15.0 Å². The van der Waals surface area contributed by atoms with Crippen LogP contribution in [0.25, 0.3) is 0 Å². The summed E-state index contributed by atoms with van der Waals surface area (Å²) >= 11 is 0.883. The highest BCUT2D eigenvalue weighted by Crippen LogP contribution is 2.24. The molecule has 0 radical (unpaired) electrons. The molecule has 0 aliphatic rings. The lowest BCUT2D eigenvalue weighted by molar-refractivity contribution is 0.0697. The topological polar surface area (TPSA) is 91.3 Å². The van der Waals surface area contributed by atoms with Crippen LogP contribution in [0.2, 0.25) is 0 Å². The Bertz CT molecular complexity index is 654. The van der Waals surface area contributed by atoms with E-state index in [1.54, 1.807) is 6.92 Å². The van der Waals surface area contributed by atoms with Gasteiger partial charge < -0.3 is 10.4 Å².